The average Bonchev–Trinajstić information content (AvgIpc) is 2.80. The van der Waals surface area contributed by atoms with Gasteiger partial charge in [-0.1, -0.05) is 26.0 Å². The summed E-state index contributed by atoms with van der Waals surface area (Å²) in [6.45, 7) is 6.71. The molecule has 1 fully saturated rings. The van der Waals surface area contributed by atoms with Crippen molar-refractivity contribution in [3.05, 3.63) is 47.7 Å². The van der Waals surface area contributed by atoms with E-state index in [1.54, 1.807) is 24.3 Å². The average molecular weight is 487 g/mol. The quantitative estimate of drug-likeness (QED) is 0.545. The van der Waals surface area contributed by atoms with E-state index < -0.39 is 10.2 Å². The van der Waals surface area contributed by atoms with E-state index in [4.69, 9.17) is 10.5 Å². The zero-order valence-electron chi connectivity index (χ0n) is 19.3. The molecule has 2 aliphatic heterocycles. The number of aromatic nitrogens is 1. The molecule has 182 valence electrons. The first-order valence-corrected chi connectivity index (χ1v) is 12.8. The van der Waals surface area contributed by atoms with Crippen molar-refractivity contribution in [1.29, 1.82) is 0 Å². The van der Waals surface area contributed by atoms with Crippen LogP contribution in [-0.4, -0.2) is 51.4 Å². The number of benzene rings is 1. The predicted octanol–water partition coefficient (Wildman–Crippen LogP) is 2.14. The first-order chi connectivity index (χ1) is 16.2. The Bertz CT molecular complexity index is 1200. The van der Waals surface area contributed by atoms with Crippen LogP contribution < -0.4 is 25.4 Å². The second-order valence-corrected chi connectivity index (χ2v) is 10.3. The SMILES string of the molecule is CC(C)CNC(=O)c1cccc(N2CCC[C@H](COc3cccc4c3C(N)=NS(=O)(=O)N4)C2)n1. The Morgan fingerprint density at radius 2 is 2.09 bits per heavy atom. The Hall–Kier alpha value is -3.34. The van der Waals surface area contributed by atoms with Gasteiger partial charge < -0.3 is 20.7 Å². The summed E-state index contributed by atoms with van der Waals surface area (Å²) in [4.78, 5) is 19.2. The number of rotatable bonds is 7. The van der Waals surface area contributed by atoms with Crippen molar-refractivity contribution < 1.29 is 17.9 Å². The molecule has 3 heterocycles. The first-order valence-electron chi connectivity index (χ1n) is 11.4. The summed E-state index contributed by atoms with van der Waals surface area (Å²) in [6, 6.07) is 10.6. The van der Waals surface area contributed by atoms with Crippen LogP contribution in [0.4, 0.5) is 11.5 Å². The molecule has 0 bridgehead atoms. The lowest BCUT2D eigenvalue weighted by Gasteiger charge is -2.33. The minimum absolute atomic E-state index is 0.0913. The second-order valence-electron chi connectivity index (χ2n) is 8.98. The number of fused-ring (bicyclic) bond motifs is 1. The number of hydrogen-bond acceptors (Lipinski definition) is 7. The lowest BCUT2D eigenvalue weighted by molar-refractivity contribution is 0.0944. The van der Waals surface area contributed by atoms with Crippen molar-refractivity contribution in [2.45, 2.75) is 26.7 Å². The molecule has 0 saturated carbocycles. The number of pyridine rings is 1. The van der Waals surface area contributed by atoms with E-state index in [0.717, 1.165) is 31.7 Å². The van der Waals surface area contributed by atoms with Gasteiger partial charge in [0.05, 0.1) is 17.9 Å². The van der Waals surface area contributed by atoms with Gasteiger partial charge in [-0.05, 0) is 43.0 Å². The molecule has 0 radical (unpaired) electrons. The third-order valence-corrected chi connectivity index (χ3v) is 6.61. The highest BCUT2D eigenvalue weighted by atomic mass is 32.2. The fraction of sp³-hybridized carbons (Fsp3) is 0.435. The van der Waals surface area contributed by atoms with Gasteiger partial charge in [-0.15, -0.1) is 4.40 Å². The number of anilines is 2. The number of amides is 1. The maximum absolute atomic E-state index is 12.4. The lowest BCUT2D eigenvalue weighted by Crippen LogP contribution is -2.38. The summed E-state index contributed by atoms with van der Waals surface area (Å²) in [5.74, 6) is 1.59. The summed E-state index contributed by atoms with van der Waals surface area (Å²) < 4.78 is 35.6. The number of nitrogens with zero attached hydrogens (tertiary/aromatic N) is 3. The van der Waals surface area contributed by atoms with Gasteiger partial charge in [0.1, 0.15) is 17.3 Å². The predicted molar refractivity (Wildman–Crippen MR) is 132 cm³/mol. The van der Waals surface area contributed by atoms with Gasteiger partial charge in [0.25, 0.3) is 5.91 Å². The van der Waals surface area contributed by atoms with Gasteiger partial charge in [0.2, 0.25) is 0 Å². The maximum atomic E-state index is 12.4. The number of nitrogens with one attached hydrogen (secondary N) is 2. The summed E-state index contributed by atoms with van der Waals surface area (Å²) in [5.41, 5.74) is 7.12. The normalized spacial score (nSPS) is 19.1. The van der Waals surface area contributed by atoms with Gasteiger partial charge in [-0.2, -0.15) is 8.42 Å². The highest BCUT2D eigenvalue weighted by molar-refractivity contribution is 7.91. The van der Waals surface area contributed by atoms with E-state index in [1.165, 1.54) is 0 Å². The Morgan fingerprint density at radius 1 is 1.29 bits per heavy atom. The van der Waals surface area contributed by atoms with Crippen molar-refractivity contribution in [3.63, 3.8) is 0 Å². The molecule has 4 N–H and O–H groups in total. The van der Waals surface area contributed by atoms with Gasteiger partial charge >= 0.3 is 10.2 Å². The van der Waals surface area contributed by atoms with Crippen LogP contribution in [0.25, 0.3) is 0 Å². The third-order valence-electron chi connectivity index (χ3n) is 5.70. The number of ether oxygens (including phenoxy) is 1. The molecular weight excluding hydrogens is 456 g/mol. The van der Waals surface area contributed by atoms with Crippen LogP contribution in [0.15, 0.2) is 40.8 Å². The van der Waals surface area contributed by atoms with Crippen LogP contribution in [-0.2, 0) is 10.2 Å². The molecule has 0 spiro atoms. The molecule has 2 aromatic rings. The number of hydrogen-bond donors (Lipinski definition) is 3. The molecule has 0 aliphatic carbocycles. The molecular formula is C23H30N6O4S. The second kappa shape index (κ2) is 9.88. The molecule has 0 unspecified atom stereocenters. The molecule has 4 rings (SSSR count). The fourth-order valence-corrected chi connectivity index (χ4v) is 4.91. The monoisotopic (exact) mass is 486 g/mol. The van der Waals surface area contributed by atoms with Gasteiger partial charge in [-0.25, -0.2) is 4.98 Å². The van der Waals surface area contributed by atoms with Crippen molar-refractivity contribution in [1.82, 2.24) is 10.3 Å². The standard InChI is InChI=1S/C23H30N6O4S/c1-15(2)12-25-23(30)18-8-4-10-20(26-18)29-11-5-6-16(13-29)14-33-19-9-3-7-17-21(19)22(24)28-34(31,32)27-17/h3-4,7-10,15-16,27H,5-6,11-14H2,1-2H3,(H2,24,28)(H,25,30)/t16-/m0/s1. The van der Waals surface area contributed by atoms with E-state index in [0.29, 0.717) is 41.8 Å². The summed E-state index contributed by atoms with van der Waals surface area (Å²) in [5, 5.41) is 2.91. The van der Waals surface area contributed by atoms with E-state index >= 15 is 0 Å². The third kappa shape index (κ3) is 5.58. The summed E-state index contributed by atoms with van der Waals surface area (Å²) >= 11 is 0. The molecule has 10 nitrogen and oxygen atoms in total. The number of nitrogens with two attached hydrogens (primary N) is 1. The molecule has 34 heavy (non-hydrogen) atoms. The highest BCUT2D eigenvalue weighted by Gasteiger charge is 2.26. The van der Waals surface area contributed by atoms with E-state index in [9.17, 15) is 13.2 Å². The van der Waals surface area contributed by atoms with Crippen LogP contribution in [0.3, 0.4) is 0 Å². The van der Waals surface area contributed by atoms with Crippen molar-refractivity contribution in [2.24, 2.45) is 22.0 Å². The minimum atomic E-state index is -3.84. The molecule has 11 heteroatoms. The van der Waals surface area contributed by atoms with Crippen LogP contribution in [0, 0.1) is 11.8 Å². The van der Waals surface area contributed by atoms with Crippen LogP contribution in [0.5, 0.6) is 5.75 Å². The number of amidine groups is 1. The van der Waals surface area contributed by atoms with Gasteiger partial charge in [0, 0.05) is 25.6 Å². The number of carbonyl (C=O) groups excluding carboxylic acids is 1. The van der Waals surface area contributed by atoms with E-state index in [2.05, 4.69) is 24.3 Å². The fourth-order valence-electron chi connectivity index (χ4n) is 4.07. The lowest BCUT2D eigenvalue weighted by atomic mass is 9.99. The number of piperidine rings is 1. The van der Waals surface area contributed by atoms with E-state index in [1.807, 2.05) is 26.0 Å². The van der Waals surface area contributed by atoms with Crippen LogP contribution >= 0.6 is 0 Å². The molecule has 1 saturated heterocycles. The Morgan fingerprint density at radius 3 is 2.88 bits per heavy atom. The topological polar surface area (TPSA) is 139 Å². The van der Waals surface area contributed by atoms with Crippen LogP contribution in [0.2, 0.25) is 0 Å². The Labute approximate surface area is 199 Å². The summed E-state index contributed by atoms with van der Waals surface area (Å²) in [7, 11) is -3.84. The van der Waals surface area contributed by atoms with Crippen molar-refractivity contribution >= 4 is 33.5 Å². The highest BCUT2D eigenvalue weighted by Crippen LogP contribution is 2.31. The molecule has 1 aromatic carbocycles. The molecule has 1 amide bonds. The smallest absolute Gasteiger partial charge is 0.344 e. The molecule has 1 atom stereocenters. The van der Waals surface area contributed by atoms with Crippen LogP contribution in [0.1, 0.15) is 42.7 Å². The zero-order valence-corrected chi connectivity index (χ0v) is 20.1. The molecule has 1 aromatic heterocycles. The zero-order chi connectivity index (χ0) is 24.3. The number of carbonyl (C=O) groups is 1. The van der Waals surface area contributed by atoms with Crippen molar-refractivity contribution in [2.75, 3.05) is 35.9 Å². The summed E-state index contributed by atoms with van der Waals surface area (Å²) in [6.07, 6.45) is 1.95. The Balaban J connectivity index is 1.42. The van der Waals surface area contributed by atoms with Crippen molar-refractivity contribution in [3.8, 4) is 5.75 Å². The maximum Gasteiger partial charge on any atom is 0.344 e. The van der Waals surface area contributed by atoms with Gasteiger partial charge in [0.15, 0.2) is 5.84 Å². The van der Waals surface area contributed by atoms with E-state index in [-0.39, 0.29) is 17.7 Å². The molecule has 2 aliphatic rings. The minimum Gasteiger partial charge on any atom is -0.492 e. The van der Waals surface area contributed by atoms with Gasteiger partial charge in [-0.3, -0.25) is 9.52 Å². The largest absolute Gasteiger partial charge is 0.492 e. The first kappa shape index (κ1) is 23.8. The Kier molecular flexibility index (Phi) is 6.92.